The summed E-state index contributed by atoms with van der Waals surface area (Å²) >= 11 is 1.46. The van der Waals surface area contributed by atoms with E-state index in [-0.39, 0.29) is 12.2 Å². The Hall–Kier alpha value is -1.56. The molecule has 0 aliphatic rings. The van der Waals surface area contributed by atoms with Crippen LogP contribution in [0.25, 0.3) is 0 Å². The summed E-state index contributed by atoms with van der Waals surface area (Å²) in [5.74, 6) is -2.81. The highest BCUT2D eigenvalue weighted by molar-refractivity contribution is 7.11. The van der Waals surface area contributed by atoms with Crippen LogP contribution >= 0.6 is 11.3 Å². The number of aryl methyl sites for hydroxylation is 2. The SMILES string of the molecule is Cc1nc(C)c(CNc2c(F)cc(F)cc2F)s1. The number of thiazole rings is 1. The van der Waals surface area contributed by atoms with Crippen LogP contribution in [0.4, 0.5) is 18.9 Å². The van der Waals surface area contributed by atoms with Crippen molar-refractivity contribution in [3.05, 3.63) is 45.2 Å². The molecule has 0 amide bonds. The van der Waals surface area contributed by atoms with Gasteiger partial charge in [-0.05, 0) is 13.8 Å². The molecule has 0 aliphatic heterocycles. The summed E-state index contributed by atoms with van der Waals surface area (Å²) in [5, 5.41) is 3.53. The maximum Gasteiger partial charge on any atom is 0.152 e. The number of halogens is 3. The minimum Gasteiger partial charge on any atom is -0.375 e. The van der Waals surface area contributed by atoms with Crippen LogP contribution in [-0.4, -0.2) is 4.98 Å². The second-order valence-corrected chi connectivity index (χ2v) is 5.13. The molecule has 0 fully saturated rings. The lowest BCUT2D eigenvalue weighted by Gasteiger charge is -2.08. The largest absolute Gasteiger partial charge is 0.375 e. The highest BCUT2D eigenvalue weighted by atomic mass is 32.1. The molecule has 18 heavy (non-hydrogen) atoms. The van der Waals surface area contributed by atoms with Gasteiger partial charge in [-0.15, -0.1) is 11.3 Å². The van der Waals surface area contributed by atoms with Gasteiger partial charge in [-0.2, -0.15) is 0 Å². The van der Waals surface area contributed by atoms with Crippen LogP contribution in [0, 0.1) is 31.3 Å². The highest BCUT2D eigenvalue weighted by Crippen LogP contribution is 2.23. The summed E-state index contributed by atoms with van der Waals surface area (Å²) in [6.07, 6.45) is 0. The summed E-state index contributed by atoms with van der Waals surface area (Å²) in [7, 11) is 0. The third-order valence-electron chi connectivity index (χ3n) is 2.43. The monoisotopic (exact) mass is 272 g/mol. The summed E-state index contributed by atoms with van der Waals surface area (Å²) in [6.45, 7) is 3.95. The van der Waals surface area contributed by atoms with Gasteiger partial charge in [0.1, 0.15) is 11.5 Å². The van der Waals surface area contributed by atoms with E-state index >= 15 is 0 Å². The van der Waals surface area contributed by atoms with Crippen LogP contribution < -0.4 is 5.32 Å². The average molecular weight is 272 g/mol. The fourth-order valence-corrected chi connectivity index (χ4v) is 2.49. The van der Waals surface area contributed by atoms with Crippen molar-refractivity contribution >= 4 is 17.0 Å². The molecule has 0 saturated carbocycles. The van der Waals surface area contributed by atoms with E-state index in [0.717, 1.165) is 15.6 Å². The number of benzene rings is 1. The Kier molecular flexibility index (Phi) is 3.56. The van der Waals surface area contributed by atoms with Crippen LogP contribution in [-0.2, 0) is 6.54 Å². The Morgan fingerprint density at radius 3 is 2.28 bits per heavy atom. The topological polar surface area (TPSA) is 24.9 Å². The van der Waals surface area contributed by atoms with Gasteiger partial charge in [-0.3, -0.25) is 0 Å². The summed E-state index contributed by atoms with van der Waals surface area (Å²) < 4.78 is 39.5. The van der Waals surface area contributed by atoms with Gasteiger partial charge in [0.2, 0.25) is 0 Å². The van der Waals surface area contributed by atoms with Crippen molar-refractivity contribution in [2.75, 3.05) is 5.32 Å². The molecule has 1 N–H and O–H groups in total. The molecule has 1 heterocycles. The summed E-state index contributed by atoms with van der Waals surface area (Å²) in [5.41, 5.74) is 0.509. The van der Waals surface area contributed by atoms with E-state index in [1.807, 2.05) is 13.8 Å². The zero-order chi connectivity index (χ0) is 13.3. The zero-order valence-electron chi connectivity index (χ0n) is 9.85. The third kappa shape index (κ3) is 2.64. The predicted molar refractivity (Wildman–Crippen MR) is 65.2 cm³/mol. The van der Waals surface area contributed by atoms with Crippen molar-refractivity contribution in [3.63, 3.8) is 0 Å². The summed E-state index contributed by atoms with van der Waals surface area (Å²) in [6, 6.07) is 1.30. The molecule has 2 nitrogen and oxygen atoms in total. The average Bonchev–Trinajstić information content (AvgIpc) is 2.55. The first-order valence-electron chi connectivity index (χ1n) is 5.28. The van der Waals surface area contributed by atoms with Crippen molar-refractivity contribution < 1.29 is 13.2 Å². The smallest absolute Gasteiger partial charge is 0.152 e. The summed E-state index contributed by atoms with van der Waals surface area (Å²) in [4.78, 5) is 5.11. The Morgan fingerprint density at radius 2 is 1.78 bits per heavy atom. The Bertz CT molecular complexity index is 558. The number of aromatic nitrogens is 1. The normalized spacial score (nSPS) is 10.7. The van der Waals surface area contributed by atoms with Gasteiger partial charge in [-0.1, -0.05) is 0 Å². The molecule has 2 rings (SSSR count). The van der Waals surface area contributed by atoms with Crippen molar-refractivity contribution in [1.82, 2.24) is 4.98 Å². The molecule has 2 aromatic rings. The maximum absolute atomic E-state index is 13.4. The first-order chi connectivity index (χ1) is 8.47. The molecule has 1 aromatic heterocycles. The standard InChI is InChI=1S/C12H11F3N2S/c1-6-11(18-7(2)17-6)5-16-12-9(14)3-8(13)4-10(12)15/h3-4,16H,5H2,1-2H3. The van der Waals surface area contributed by atoms with Gasteiger partial charge in [-0.25, -0.2) is 18.2 Å². The second kappa shape index (κ2) is 4.97. The molecule has 6 heteroatoms. The first kappa shape index (κ1) is 12.9. The van der Waals surface area contributed by atoms with Crippen LogP contribution in [0.3, 0.4) is 0 Å². The van der Waals surface area contributed by atoms with Gasteiger partial charge < -0.3 is 5.32 Å². The van der Waals surface area contributed by atoms with E-state index in [1.165, 1.54) is 11.3 Å². The van der Waals surface area contributed by atoms with Crippen molar-refractivity contribution in [2.24, 2.45) is 0 Å². The Labute approximate surface area is 106 Å². The van der Waals surface area contributed by atoms with E-state index in [9.17, 15) is 13.2 Å². The molecule has 0 unspecified atom stereocenters. The van der Waals surface area contributed by atoms with E-state index in [0.29, 0.717) is 12.1 Å². The van der Waals surface area contributed by atoms with Gasteiger partial charge in [0.15, 0.2) is 11.6 Å². The molecule has 0 aliphatic carbocycles. The fraction of sp³-hybridized carbons (Fsp3) is 0.250. The number of hydrogen-bond acceptors (Lipinski definition) is 3. The highest BCUT2D eigenvalue weighted by Gasteiger charge is 2.12. The molecule has 96 valence electrons. The van der Waals surface area contributed by atoms with Crippen LogP contribution in [0.2, 0.25) is 0 Å². The maximum atomic E-state index is 13.4. The van der Waals surface area contributed by atoms with E-state index in [4.69, 9.17) is 0 Å². The quantitative estimate of drug-likeness (QED) is 0.919. The molecule has 0 saturated heterocycles. The van der Waals surface area contributed by atoms with Crippen molar-refractivity contribution in [3.8, 4) is 0 Å². The van der Waals surface area contributed by atoms with Crippen LogP contribution in [0.15, 0.2) is 12.1 Å². The van der Waals surface area contributed by atoms with E-state index in [2.05, 4.69) is 10.3 Å². The number of nitrogens with zero attached hydrogens (tertiary/aromatic N) is 1. The van der Waals surface area contributed by atoms with Gasteiger partial charge in [0.05, 0.1) is 17.2 Å². The number of hydrogen-bond donors (Lipinski definition) is 1. The van der Waals surface area contributed by atoms with Gasteiger partial charge in [0.25, 0.3) is 0 Å². The minimum atomic E-state index is -0.939. The number of rotatable bonds is 3. The molecule has 1 aromatic carbocycles. The third-order valence-corrected chi connectivity index (χ3v) is 3.51. The Morgan fingerprint density at radius 1 is 1.17 bits per heavy atom. The van der Waals surface area contributed by atoms with Crippen LogP contribution in [0.1, 0.15) is 15.6 Å². The van der Waals surface area contributed by atoms with Crippen molar-refractivity contribution in [2.45, 2.75) is 20.4 Å². The van der Waals surface area contributed by atoms with Gasteiger partial charge in [0, 0.05) is 17.0 Å². The molecular formula is C12H11F3N2S. The molecule has 0 atom stereocenters. The lowest BCUT2D eigenvalue weighted by Crippen LogP contribution is -2.04. The number of anilines is 1. The number of nitrogens with one attached hydrogen (secondary N) is 1. The van der Waals surface area contributed by atoms with Crippen molar-refractivity contribution in [1.29, 1.82) is 0 Å². The molecular weight excluding hydrogens is 261 g/mol. The molecule has 0 radical (unpaired) electrons. The molecule has 0 spiro atoms. The zero-order valence-corrected chi connectivity index (χ0v) is 10.7. The van der Waals surface area contributed by atoms with E-state index in [1.54, 1.807) is 0 Å². The van der Waals surface area contributed by atoms with E-state index < -0.39 is 17.5 Å². The molecule has 0 bridgehead atoms. The Balaban J connectivity index is 2.18. The first-order valence-corrected chi connectivity index (χ1v) is 6.10. The predicted octanol–water partition coefficient (Wildman–Crippen LogP) is 3.79. The second-order valence-electron chi connectivity index (χ2n) is 3.84. The lowest BCUT2D eigenvalue weighted by molar-refractivity contribution is 0.547. The lowest BCUT2D eigenvalue weighted by atomic mass is 10.2. The van der Waals surface area contributed by atoms with Crippen LogP contribution in [0.5, 0.6) is 0 Å². The fourth-order valence-electron chi connectivity index (χ4n) is 1.62. The minimum absolute atomic E-state index is 0.261. The van der Waals surface area contributed by atoms with Gasteiger partial charge >= 0.3 is 0 Å².